The number of carbonyl (C=O) groups excluding carboxylic acids is 3. The number of likely N-dealkylation sites (N-methyl/N-ethyl adjacent to an activating group) is 1. The minimum Gasteiger partial charge on any atom is -0.493 e. The number of anilines is 1. The lowest BCUT2D eigenvalue weighted by Crippen LogP contribution is -2.23. The molecule has 2 rings (SSSR count). The van der Waals surface area contributed by atoms with Crippen molar-refractivity contribution in [2.75, 3.05) is 33.1 Å². The van der Waals surface area contributed by atoms with Crippen molar-refractivity contribution in [3.63, 3.8) is 0 Å². The number of carbonyl (C=O) groups is 3. The Hall–Kier alpha value is -3.55. The molecule has 8 nitrogen and oxygen atoms in total. The van der Waals surface area contributed by atoms with Crippen LogP contribution in [0.4, 0.5) is 5.69 Å². The van der Waals surface area contributed by atoms with Crippen molar-refractivity contribution in [1.82, 2.24) is 4.90 Å². The third-order valence-electron chi connectivity index (χ3n) is 3.86. The zero-order valence-electron chi connectivity index (χ0n) is 16.0. The highest BCUT2D eigenvalue weighted by Gasteiger charge is 2.13. The molecule has 0 aliphatic rings. The van der Waals surface area contributed by atoms with Crippen molar-refractivity contribution in [2.24, 2.45) is 5.73 Å². The maximum atomic E-state index is 12.5. The van der Waals surface area contributed by atoms with Gasteiger partial charge in [0, 0.05) is 25.3 Å². The number of nitrogens with two attached hydrogens (primary N) is 1. The van der Waals surface area contributed by atoms with E-state index in [0.29, 0.717) is 29.2 Å². The number of benzene rings is 2. The summed E-state index contributed by atoms with van der Waals surface area (Å²) in [6.07, 6.45) is 0.297. The van der Waals surface area contributed by atoms with Gasteiger partial charge in [0.05, 0.1) is 13.5 Å². The number of nitrogens with one attached hydrogen (secondary N) is 1. The third-order valence-corrected chi connectivity index (χ3v) is 3.86. The van der Waals surface area contributed by atoms with E-state index in [9.17, 15) is 14.4 Å². The monoisotopic (exact) mass is 385 g/mol. The summed E-state index contributed by atoms with van der Waals surface area (Å²) in [4.78, 5) is 36.6. The van der Waals surface area contributed by atoms with E-state index in [1.54, 1.807) is 44.4 Å². The number of amides is 3. The summed E-state index contributed by atoms with van der Waals surface area (Å²) in [5.74, 6) is -0.321. The molecule has 0 spiro atoms. The highest BCUT2D eigenvalue weighted by Crippen LogP contribution is 2.28. The number of primary amides is 1. The summed E-state index contributed by atoms with van der Waals surface area (Å²) in [5, 5.41) is 2.78. The van der Waals surface area contributed by atoms with Crippen LogP contribution in [-0.2, 0) is 16.0 Å². The largest absolute Gasteiger partial charge is 0.493 e. The van der Waals surface area contributed by atoms with Gasteiger partial charge in [-0.2, -0.15) is 0 Å². The van der Waals surface area contributed by atoms with Gasteiger partial charge in [0.15, 0.2) is 18.1 Å². The quantitative estimate of drug-likeness (QED) is 0.714. The SMILES string of the molecule is COc1cc(C(=O)Nc2ccc(CC(=O)N(C)C)cc2)ccc1OCC(N)=O. The van der Waals surface area contributed by atoms with Gasteiger partial charge in [-0.15, -0.1) is 0 Å². The van der Waals surface area contributed by atoms with E-state index in [0.717, 1.165) is 5.56 Å². The van der Waals surface area contributed by atoms with Crippen LogP contribution >= 0.6 is 0 Å². The van der Waals surface area contributed by atoms with Gasteiger partial charge in [-0.05, 0) is 35.9 Å². The number of nitrogens with zero attached hydrogens (tertiary/aromatic N) is 1. The van der Waals surface area contributed by atoms with E-state index in [4.69, 9.17) is 15.2 Å². The molecular formula is C20H23N3O5. The van der Waals surface area contributed by atoms with Crippen molar-refractivity contribution >= 4 is 23.4 Å². The lowest BCUT2D eigenvalue weighted by molar-refractivity contribution is -0.128. The lowest BCUT2D eigenvalue weighted by Gasteiger charge is -2.12. The van der Waals surface area contributed by atoms with Crippen LogP contribution in [0.25, 0.3) is 0 Å². The first kappa shape index (κ1) is 20.8. The van der Waals surface area contributed by atoms with Crippen LogP contribution < -0.4 is 20.5 Å². The molecule has 0 atom stereocenters. The van der Waals surface area contributed by atoms with Crippen molar-refractivity contribution in [2.45, 2.75) is 6.42 Å². The molecule has 0 unspecified atom stereocenters. The first-order valence-electron chi connectivity index (χ1n) is 8.49. The number of rotatable bonds is 8. The third kappa shape index (κ3) is 5.73. The molecule has 28 heavy (non-hydrogen) atoms. The van der Waals surface area contributed by atoms with Gasteiger partial charge < -0.3 is 25.4 Å². The van der Waals surface area contributed by atoms with Gasteiger partial charge in [-0.25, -0.2) is 0 Å². The van der Waals surface area contributed by atoms with Gasteiger partial charge in [0.1, 0.15) is 0 Å². The van der Waals surface area contributed by atoms with Crippen LogP contribution in [0.5, 0.6) is 11.5 Å². The predicted molar refractivity (Wildman–Crippen MR) is 104 cm³/mol. The van der Waals surface area contributed by atoms with Gasteiger partial charge in [-0.1, -0.05) is 12.1 Å². The summed E-state index contributed by atoms with van der Waals surface area (Å²) >= 11 is 0. The van der Waals surface area contributed by atoms with Crippen LogP contribution in [0.15, 0.2) is 42.5 Å². The van der Waals surface area contributed by atoms with Crippen molar-refractivity contribution in [3.05, 3.63) is 53.6 Å². The first-order chi connectivity index (χ1) is 13.3. The highest BCUT2D eigenvalue weighted by molar-refractivity contribution is 6.04. The number of hydrogen-bond donors (Lipinski definition) is 2. The minimum absolute atomic E-state index is 0.00234. The molecule has 148 valence electrons. The second-order valence-electron chi connectivity index (χ2n) is 6.24. The van der Waals surface area contributed by atoms with E-state index >= 15 is 0 Å². The Morgan fingerprint density at radius 3 is 2.29 bits per heavy atom. The fourth-order valence-electron chi connectivity index (χ4n) is 2.32. The predicted octanol–water partition coefficient (Wildman–Crippen LogP) is 1.44. The normalized spacial score (nSPS) is 10.1. The fourth-order valence-corrected chi connectivity index (χ4v) is 2.32. The van der Waals surface area contributed by atoms with Crippen LogP contribution in [0, 0.1) is 0 Å². The topological polar surface area (TPSA) is 111 Å². The average molecular weight is 385 g/mol. The van der Waals surface area contributed by atoms with E-state index < -0.39 is 5.91 Å². The van der Waals surface area contributed by atoms with E-state index in [2.05, 4.69) is 5.32 Å². The summed E-state index contributed by atoms with van der Waals surface area (Å²) < 4.78 is 10.4. The van der Waals surface area contributed by atoms with Crippen molar-refractivity contribution < 1.29 is 23.9 Å². The fraction of sp³-hybridized carbons (Fsp3) is 0.250. The second-order valence-corrected chi connectivity index (χ2v) is 6.24. The smallest absolute Gasteiger partial charge is 0.255 e. The molecule has 0 heterocycles. The molecule has 3 N–H and O–H groups in total. The Morgan fingerprint density at radius 1 is 1.04 bits per heavy atom. The summed E-state index contributed by atoms with van der Waals surface area (Å²) in [6, 6.07) is 11.6. The molecule has 3 amide bonds. The Morgan fingerprint density at radius 2 is 1.71 bits per heavy atom. The first-order valence-corrected chi connectivity index (χ1v) is 8.49. The molecule has 0 aromatic heterocycles. The highest BCUT2D eigenvalue weighted by atomic mass is 16.5. The lowest BCUT2D eigenvalue weighted by atomic mass is 10.1. The maximum absolute atomic E-state index is 12.5. The Balaban J connectivity index is 2.05. The second kappa shape index (κ2) is 9.40. The molecule has 0 saturated carbocycles. The van der Waals surface area contributed by atoms with Crippen LogP contribution in [0.1, 0.15) is 15.9 Å². The Bertz CT molecular complexity index is 863. The molecular weight excluding hydrogens is 362 g/mol. The van der Waals surface area contributed by atoms with Gasteiger partial charge in [0.2, 0.25) is 5.91 Å². The molecule has 0 saturated heterocycles. The molecule has 2 aromatic carbocycles. The average Bonchev–Trinajstić information content (AvgIpc) is 2.67. The Labute approximate surface area is 163 Å². The zero-order chi connectivity index (χ0) is 20.7. The molecule has 0 radical (unpaired) electrons. The van der Waals surface area contributed by atoms with E-state index in [1.165, 1.54) is 24.1 Å². The van der Waals surface area contributed by atoms with E-state index in [-0.39, 0.29) is 18.4 Å². The summed E-state index contributed by atoms with van der Waals surface area (Å²) in [6.45, 7) is -0.287. The van der Waals surface area contributed by atoms with Gasteiger partial charge in [0.25, 0.3) is 11.8 Å². The van der Waals surface area contributed by atoms with Crippen molar-refractivity contribution in [3.8, 4) is 11.5 Å². The summed E-state index contributed by atoms with van der Waals surface area (Å²) in [5.41, 5.74) is 6.87. The Kier molecular flexibility index (Phi) is 6.97. The minimum atomic E-state index is -0.611. The standard InChI is InChI=1S/C20H23N3O5/c1-23(2)19(25)10-13-4-7-15(8-5-13)22-20(26)14-6-9-16(17(11-14)27-3)28-12-18(21)24/h4-9,11H,10,12H2,1-3H3,(H2,21,24)(H,22,26). The zero-order valence-corrected chi connectivity index (χ0v) is 16.0. The molecule has 8 heteroatoms. The molecule has 0 fully saturated rings. The number of methoxy groups -OCH3 is 1. The van der Waals surface area contributed by atoms with Crippen molar-refractivity contribution in [1.29, 1.82) is 0 Å². The molecule has 0 bridgehead atoms. The van der Waals surface area contributed by atoms with Crippen LogP contribution in [0.2, 0.25) is 0 Å². The molecule has 0 aliphatic carbocycles. The van der Waals surface area contributed by atoms with Crippen LogP contribution in [0.3, 0.4) is 0 Å². The van der Waals surface area contributed by atoms with E-state index in [1.807, 2.05) is 0 Å². The van der Waals surface area contributed by atoms with Gasteiger partial charge >= 0.3 is 0 Å². The molecule has 0 aliphatic heterocycles. The molecule has 2 aromatic rings. The number of hydrogen-bond acceptors (Lipinski definition) is 5. The van der Waals surface area contributed by atoms with Crippen LogP contribution in [-0.4, -0.2) is 50.4 Å². The maximum Gasteiger partial charge on any atom is 0.255 e. The summed E-state index contributed by atoms with van der Waals surface area (Å²) in [7, 11) is 4.84. The van der Waals surface area contributed by atoms with Gasteiger partial charge in [-0.3, -0.25) is 14.4 Å². The number of ether oxygens (including phenoxy) is 2.